The smallest absolute Gasteiger partial charge is 0.410 e. The third-order valence-electron chi connectivity index (χ3n) is 4.64. The quantitative estimate of drug-likeness (QED) is 0.793. The van der Waals surface area contributed by atoms with Gasteiger partial charge in [0.2, 0.25) is 11.7 Å². The minimum absolute atomic E-state index is 0.0614. The summed E-state index contributed by atoms with van der Waals surface area (Å²) in [5, 5.41) is 11.9. The monoisotopic (exact) mass is 360 g/mol. The first kappa shape index (κ1) is 16.4. The van der Waals surface area contributed by atoms with Crippen LogP contribution in [-0.2, 0) is 16.1 Å². The molecule has 136 valence electrons. The van der Waals surface area contributed by atoms with E-state index in [0.29, 0.717) is 37.4 Å². The molecule has 9 nitrogen and oxygen atoms in total. The Morgan fingerprint density at radius 1 is 1.31 bits per heavy atom. The number of benzene rings is 1. The average Bonchev–Trinajstić information content (AvgIpc) is 3.29. The molecular formula is C16H17FN6O3. The molecule has 1 aromatic heterocycles. The lowest BCUT2D eigenvalue weighted by molar-refractivity contribution is -0.132. The van der Waals surface area contributed by atoms with Gasteiger partial charge in [0.05, 0.1) is 13.1 Å². The highest BCUT2D eigenvalue weighted by molar-refractivity contribution is 5.77. The number of amides is 2. The van der Waals surface area contributed by atoms with Crippen LogP contribution in [0.1, 0.15) is 6.42 Å². The maximum atomic E-state index is 13.0. The molecule has 2 saturated heterocycles. The number of hydrogen-bond acceptors (Lipinski definition) is 6. The molecule has 0 unspecified atom stereocenters. The molecule has 0 saturated carbocycles. The van der Waals surface area contributed by atoms with Crippen LogP contribution in [0.2, 0.25) is 0 Å². The minimum Gasteiger partial charge on any atom is -0.439 e. The molecule has 2 fully saturated rings. The van der Waals surface area contributed by atoms with Crippen LogP contribution in [0.5, 0.6) is 0 Å². The number of nitrogens with zero attached hydrogens (tertiary/aromatic N) is 6. The predicted octanol–water partition coefficient (Wildman–Crippen LogP) is 0.532. The fourth-order valence-corrected chi connectivity index (χ4v) is 3.31. The Balaban J connectivity index is 1.40. The average molecular weight is 360 g/mol. The molecular weight excluding hydrogens is 343 g/mol. The van der Waals surface area contributed by atoms with E-state index in [4.69, 9.17) is 4.74 Å². The number of likely N-dealkylation sites (N-methyl/N-ethyl adjacent to an activating group) is 1. The van der Waals surface area contributed by atoms with E-state index in [1.807, 2.05) is 0 Å². The summed E-state index contributed by atoms with van der Waals surface area (Å²) in [7, 11) is 1.68. The summed E-state index contributed by atoms with van der Waals surface area (Å²) in [4.78, 5) is 28.5. The van der Waals surface area contributed by atoms with Gasteiger partial charge in [0.15, 0.2) is 5.60 Å². The van der Waals surface area contributed by atoms with Gasteiger partial charge in [0, 0.05) is 25.6 Å². The maximum Gasteiger partial charge on any atom is 0.410 e. The van der Waals surface area contributed by atoms with Crippen LogP contribution >= 0.6 is 0 Å². The fraction of sp³-hybridized carbons (Fsp3) is 0.438. The number of ether oxygens (including phenoxy) is 1. The molecule has 26 heavy (non-hydrogen) atoms. The van der Waals surface area contributed by atoms with E-state index in [-0.39, 0.29) is 24.4 Å². The van der Waals surface area contributed by atoms with Crippen LogP contribution in [0.4, 0.5) is 9.18 Å². The number of carbonyl (C=O) groups excluding carboxylic acids is 2. The normalized spacial score (nSPS) is 22.3. The van der Waals surface area contributed by atoms with Gasteiger partial charge in [-0.25, -0.2) is 9.18 Å². The van der Waals surface area contributed by atoms with Crippen molar-refractivity contribution in [3.8, 4) is 11.4 Å². The fourth-order valence-electron chi connectivity index (χ4n) is 3.31. The molecule has 0 bridgehead atoms. The van der Waals surface area contributed by atoms with E-state index in [1.165, 1.54) is 21.8 Å². The summed E-state index contributed by atoms with van der Waals surface area (Å²) in [5.74, 6) is -0.199. The standard InChI is InChI=1S/C16H17FN6O3/c1-21-9-16(26-15(21)25)6-7-22(10-16)13(24)8-23-19-14(18-20-23)11-2-4-12(17)5-3-11/h2-5H,6-10H2,1H3/t16-/m1/s1. The second kappa shape index (κ2) is 6.04. The number of rotatable bonds is 3. The molecule has 2 aliphatic heterocycles. The van der Waals surface area contributed by atoms with Crippen LogP contribution in [0, 0.1) is 5.82 Å². The third-order valence-corrected chi connectivity index (χ3v) is 4.64. The zero-order chi connectivity index (χ0) is 18.3. The number of hydrogen-bond donors (Lipinski definition) is 0. The van der Waals surface area contributed by atoms with Gasteiger partial charge in [0.1, 0.15) is 12.4 Å². The minimum atomic E-state index is -0.615. The number of halogens is 1. The summed E-state index contributed by atoms with van der Waals surface area (Å²) in [6.07, 6.45) is 0.252. The molecule has 10 heteroatoms. The topological polar surface area (TPSA) is 93.5 Å². The summed E-state index contributed by atoms with van der Waals surface area (Å²) >= 11 is 0. The van der Waals surface area contributed by atoms with Gasteiger partial charge in [-0.15, -0.1) is 10.2 Å². The number of carbonyl (C=O) groups is 2. The second-order valence-electron chi connectivity index (χ2n) is 6.62. The lowest BCUT2D eigenvalue weighted by Crippen LogP contribution is -2.40. The van der Waals surface area contributed by atoms with Gasteiger partial charge in [-0.1, -0.05) is 0 Å². The van der Waals surface area contributed by atoms with Crippen molar-refractivity contribution in [3.63, 3.8) is 0 Å². The maximum absolute atomic E-state index is 13.0. The highest BCUT2D eigenvalue weighted by Gasteiger charge is 2.49. The first-order valence-corrected chi connectivity index (χ1v) is 8.20. The van der Waals surface area contributed by atoms with Crippen molar-refractivity contribution in [2.45, 2.75) is 18.6 Å². The van der Waals surface area contributed by atoms with Gasteiger partial charge in [-0.3, -0.25) is 4.79 Å². The Labute approximate surface area is 148 Å². The summed E-state index contributed by atoms with van der Waals surface area (Å²) in [6, 6.07) is 5.72. The van der Waals surface area contributed by atoms with Crippen molar-refractivity contribution in [2.75, 3.05) is 26.7 Å². The Hall–Kier alpha value is -3.04. The molecule has 1 atom stereocenters. The molecule has 4 rings (SSSR count). The van der Waals surface area contributed by atoms with E-state index in [9.17, 15) is 14.0 Å². The highest BCUT2D eigenvalue weighted by atomic mass is 19.1. The number of tetrazole rings is 1. The number of aromatic nitrogens is 4. The molecule has 0 radical (unpaired) electrons. The van der Waals surface area contributed by atoms with E-state index in [0.717, 1.165) is 0 Å². The molecule has 3 heterocycles. The highest BCUT2D eigenvalue weighted by Crippen LogP contribution is 2.31. The van der Waals surface area contributed by atoms with Crippen LogP contribution in [-0.4, -0.2) is 74.3 Å². The zero-order valence-electron chi connectivity index (χ0n) is 14.1. The third kappa shape index (κ3) is 2.98. The molecule has 1 aromatic carbocycles. The summed E-state index contributed by atoms with van der Waals surface area (Å²) in [5.41, 5.74) is 0.00226. The molecule has 1 spiro atoms. The van der Waals surface area contributed by atoms with Crippen molar-refractivity contribution in [3.05, 3.63) is 30.1 Å². The Bertz CT molecular complexity index is 854. The summed E-state index contributed by atoms with van der Waals surface area (Å²) < 4.78 is 18.4. The number of likely N-dealkylation sites (tertiary alicyclic amines) is 1. The van der Waals surface area contributed by atoms with Crippen molar-refractivity contribution in [1.29, 1.82) is 0 Å². The van der Waals surface area contributed by atoms with Crippen molar-refractivity contribution >= 4 is 12.0 Å². The zero-order valence-corrected chi connectivity index (χ0v) is 14.1. The molecule has 0 N–H and O–H groups in total. The van der Waals surface area contributed by atoms with Gasteiger partial charge < -0.3 is 14.5 Å². The molecule has 2 aliphatic rings. The van der Waals surface area contributed by atoms with Crippen LogP contribution < -0.4 is 0 Å². The largest absolute Gasteiger partial charge is 0.439 e. The first-order chi connectivity index (χ1) is 12.4. The Morgan fingerprint density at radius 2 is 2.08 bits per heavy atom. The van der Waals surface area contributed by atoms with E-state index in [2.05, 4.69) is 15.4 Å². The van der Waals surface area contributed by atoms with E-state index >= 15 is 0 Å². The summed E-state index contributed by atoms with van der Waals surface area (Å²) in [6.45, 7) is 1.29. The lowest BCUT2D eigenvalue weighted by atomic mass is 10.0. The predicted molar refractivity (Wildman–Crippen MR) is 86.3 cm³/mol. The SMILES string of the molecule is CN1C[C@@]2(CCN(C(=O)Cn3nnc(-c4ccc(F)cc4)n3)C2)OC1=O. The van der Waals surface area contributed by atoms with E-state index < -0.39 is 5.60 Å². The van der Waals surface area contributed by atoms with Crippen molar-refractivity contribution in [1.82, 2.24) is 30.0 Å². The molecule has 0 aliphatic carbocycles. The van der Waals surface area contributed by atoms with Gasteiger partial charge in [0.25, 0.3) is 0 Å². The van der Waals surface area contributed by atoms with E-state index in [1.54, 1.807) is 24.1 Å². The molecule has 2 amide bonds. The Morgan fingerprint density at radius 3 is 2.77 bits per heavy atom. The van der Waals surface area contributed by atoms with Crippen LogP contribution in [0.25, 0.3) is 11.4 Å². The van der Waals surface area contributed by atoms with Crippen molar-refractivity contribution < 1.29 is 18.7 Å². The van der Waals surface area contributed by atoms with Crippen LogP contribution in [0.3, 0.4) is 0 Å². The van der Waals surface area contributed by atoms with Gasteiger partial charge in [-0.2, -0.15) is 4.80 Å². The lowest BCUT2D eigenvalue weighted by Gasteiger charge is -2.21. The van der Waals surface area contributed by atoms with Crippen LogP contribution in [0.15, 0.2) is 24.3 Å². The van der Waals surface area contributed by atoms with Gasteiger partial charge >= 0.3 is 6.09 Å². The van der Waals surface area contributed by atoms with Gasteiger partial charge in [-0.05, 0) is 29.5 Å². The van der Waals surface area contributed by atoms with Crippen molar-refractivity contribution in [2.24, 2.45) is 0 Å². The first-order valence-electron chi connectivity index (χ1n) is 8.20. The molecule has 2 aromatic rings. The second-order valence-corrected chi connectivity index (χ2v) is 6.62. The Kier molecular flexibility index (Phi) is 3.82.